The first-order valence-electron chi connectivity index (χ1n) is 6.56. The van der Waals surface area contributed by atoms with Gasteiger partial charge in [0.25, 0.3) is 0 Å². The van der Waals surface area contributed by atoms with E-state index in [4.69, 9.17) is 20.8 Å². The van der Waals surface area contributed by atoms with Crippen LogP contribution >= 0.6 is 23.4 Å². The fourth-order valence-electron chi connectivity index (χ4n) is 2.82. The summed E-state index contributed by atoms with van der Waals surface area (Å²) in [6, 6.07) is 5.05. The molecule has 5 heteroatoms. The Bertz CT molecular complexity index is 839. The molecule has 3 heterocycles. The minimum absolute atomic E-state index is 0.0597. The Morgan fingerprint density at radius 3 is 3.05 bits per heavy atom. The van der Waals surface area contributed by atoms with Crippen molar-refractivity contribution in [1.29, 1.82) is 0 Å². The van der Waals surface area contributed by atoms with Gasteiger partial charge >= 0.3 is 0 Å². The van der Waals surface area contributed by atoms with Gasteiger partial charge in [-0.15, -0.1) is 11.8 Å². The molecule has 3 unspecified atom stereocenters. The van der Waals surface area contributed by atoms with Crippen LogP contribution in [0, 0.1) is 5.92 Å². The van der Waals surface area contributed by atoms with Crippen LogP contribution in [0.1, 0.15) is 11.0 Å². The van der Waals surface area contributed by atoms with Crippen molar-refractivity contribution in [1.82, 2.24) is 0 Å². The van der Waals surface area contributed by atoms with Gasteiger partial charge in [-0.05, 0) is 23.6 Å². The average molecular weight is 319 g/mol. The quantitative estimate of drug-likeness (QED) is 0.734. The Labute approximate surface area is 130 Å². The van der Waals surface area contributed by atoms with E-state index in [-0.39, 0.29) is 28.5 Å². The number of benzene rings is 1. The number of rotatable bonds is 1. The summed E-state index contributed by atoms with van der Waals surface area (Å²) in [4.78, 5) is 12.7. The maximum Gasteiger partial charge on any atom is 0.234 e. The topological polar surface area (TPSA) is 39.4 Å². The molecule has 1 aromatic heterocycles. The van der Waals surface area contributed by atoms with E-state index in [0.29, 0.717) is 21.8 Å². The van der Waals surface area contributed by atoms with Crippen molar-refractivity contribution in [2.75, 3.05) is 0 Å². The van der Waals surface area contributed by atoms with E-state index in [1.165, 1.54) is 0 Å². The number of hydrogen-bond donors (Lipinski definition) is 0. The fraction of sp³-hybridized carbons (Fsp3) is 0.188. The molecule has 0 N–H and O–H groups in total. The van der Waals surface area contributed by atoms with Crippen molar-refractivity contribution in [3.63, 3.8) is 0 Å². The minimum Gasteiger partial charge on any atom is -0.478 e. The monoisotopic (exact) mass is 318 g/mol. The Kier molecular flexibility index (Phi) is 2.91. The van der Waals surface area contributed by atoms with Crippen molar-refractivity contribution >= 4 is 34.3 Å². The van der Waals surface area contributed by atoms with Gasteiger partial charge < -0.3 is 9.15 Å². The summed E-state index contributed by atoms with van der Waals surface area (Å²) < 4.78 is 11.8. The van der Waals surface area contributed by atoms with E-state index in [1.807, 2.05) is 5.41 Å². The van der Waals surface area contributed by atoms with Crippen molar-refractivity contribution in [3.8, 4) is 5.75 Å². The van der Waals surface area contributed by atoms with Gasteiger partial charge in [0.05, 0.1) is 10.6 Å². The van der Waals surface area contributed by atoms with Crippen molar-refractivity contribution in [2.45, 2.75) is 11.4 Å². The summed E-state index contributed by atoms with van der Waals surface area (Å²) >= 11 is 7.61. The smallest absolute Gasteiger partial charge is 0.234 e. The van der Waals surface area contributed by atoms with Gasteiger partial charge in [0.2, 0.25) is 11.2 Å². The maximum atomic E-state index is 12.7. The molecule has 2 aromatic rings. The predicted molar refractivity (Wildman–Crippen MR) is 85.1 cm³/mol. The highest BCUT2D eigenvalue weighted by Crippen LogP contribution is 2.51. The molecule has 106 valence electrons. The molecule has 0 saturated carbocycles. The lowest BCUT2D eigenvalue weighted by Gasteiger charge is -2.31. The third-order valence-electron chi connectivity index (χ3n) is 3.84. The lowest BCUT2D eigenvalue weighted by Crippen LogP contribution is -2.33. The number of hydrogen-bond acceptors (Lipinski definition) is 4. The summed E-state index contributed by atoms with van der Waals surface area (Å²) in [5.41, 5.74) is 0.363. The molecule has 0 radical (unpaired) electrons. The van der Waals surface area contributed by atoms with Crippen molar-refractivity contribution < 1.29 is 9.15 Å². The summed E-state index contributed by atoms with van der Waals surface area (Å²) in [7, 11) is 0. The number of halogens is 1. The highest BCUT2D eigenvalue weighted by molar-refractivity contribution is 8.02. The molecule has 0 fully saturated rings. The average Bonchev–Trinajstić information content (AvgIpc) is 2.97. The molecule has 2 aliphatic heterocycles. The van der Waals surface area contributed by atoms with Crippen molar-refractivity contribution in [2.24, 2.45) is 5.92 Å². The summed E-state index contributed by atoms with van der Waals surface area (Å²) in [6.07, 6.45) is 3.60. The molecule has 0 spiro atoms. The number of fused-ring (bicyclic) bond motifs is 4. The largest absolute Gasteiger partial charge is 0.478 e. The van der Waals surface area contributed by atoms with Crippen LogP contribution in [-0.4, -0.2) is 6.10 Å². The molecule has 0 aliphatic carbocycles. The Morgan fingerprint density at radius 1 is 1.38 bits per heavy atom. The lowest BCUT2D eigenvalue weighted by atomic mass is 9.93. The van der Waals surface area contributed by atoms with E-state index in [2.05, 4.69) is 12.7 Å². The van der Waals surface area contributed by atoms with E-state index in [0.717, 1.165) is 0 Å². The molecular weight excluding hydrogens is 308 g/mol. The van der Waals surface area contributed by atoms with Gasteiger partial charge in [0.15, 0.2) is 5.76 Å². The highest BCUT2D eigenvalue weighted by Gasteiger charge is 2.41. The van der Waals surface area contributed by atoms with Crippen LogP contribution in [0.4, 0.5) is 0 Å². The third kappa shape index (κ3) is 1.86. The first-order valence-corrected chi connectivity index (χ1v) is 7.88. The lowest BCUT2D eigenvalue weighted by molar-refractivity contribution is 0.162. The van der Waals surface area contributed by atoms with Crippen molar-refractivity contribution in [3.05, 3.63) is 63.3 Å². The molecule has 1 aromatic carbocycles. The van der Waals surface area contributed by atoms with Crippen LogP contribution < -0.4 is 10.2 Å². The summed E-state index contributed by atoms with van der Waals surface area (Å²) in [5, 5.41) is 3.03. The zero-order valence-electron chi connectivity index (χ0n) is 10.9. The summed E-state index contributed by atoms with van der Waals surface area (Å²) in [6.45, 7) is 3.80. The van der Waals surface area contributed by atoms with Crippen LogP contribution in [0.25, 0.3) is 11.0 Å². The van der Waals surface area contributed by atoms with Gasteiger partial charge in [0.1, 0.15) is 11.7 Å². The molecular formula is C16H11ClO3S. The Balaban J connectivity index is 2.01. The zero-order chi connectivity index (χ0) is 14.6. The zero-order valence-corrected chi connectivity index (χ0v) is 12.5. The Morgan fingerprint density at radius 2 is 2.24 bits per heavy atom. The van der Waals surface area contributed by atoms with Gasteiger partial charge in [-0.2, -0.15) is 0 Å². The third-order valence-corrected chi connectivity index (χ3v) is 5.21. The van der Waals surface area contributed by atoms with Crippen LogP contribution in [0.3, 0.4) is 0 Å². The van der Waals surface area contributed by atoms with Crippen LogP contribution in [-0.2, 0) is 0 Å². The summed E-state index contributed by atoms with van der Waals surface area (Å²) in [5.74, 6) is 1.04. The number of thioether (sulfide) groups is 1. The van der Waals surface area contributed by atoms with Crippen LogP contribution in [0.15, 0.2) is 51.5 Å². The van der Waals surface area contributed by atoms with E-state index in [1.54, 1.807) is 36.0 Å². The van der Waals surface area contributed by atoms with Crippen LogP contribution in [0.2, 0.25) is 5.02 Å². The molecule has 21 heavy (non-hydrogen) atoms. The van der Waals surface area contributed by atoms with E-state index >= 15 is 0 Å². The molecule has 0 bridgehead atoms. The minimum atomic E-state index is -0.215. The SMILES string of the molecule is C=CC1Oc2c(oc3ccc(Cl)cc3c2=O)C2SC=CC12. The second-order valence-corrected chi connectivity index (χ2v) is 6.53. The molecule has 0 amide bonds. The highest BCUT2D eigenvalue weighted by atomic mass is 35.5. The van der Waals surface area contributed by atoms with Crippen LogP contribution in [0.5, 0.6) is 5.75 Å². The molecule has 4 rings (SSSR count). The van der Waals surface area contributed by atoms with E-state index < -0.39 is 0 Å². The molecule has 3 nitrogen and oxygen atoms in total. The fourth-order valence-corrected chi connectivity index (χ4v) is 4.14. The normalized spacial score (nSPS) is 26.2. The van der Waals surface area contributed by atoms with Gasteiger partial charge in [-0.1, -0.05) is 30.3 Å². The molecule has 3 atom stereocenters. The van der Waals surface area contributed by atoms with Gasteiger partial charge in [-0.25, -0.2) is 0 Å². The predicted octanol–water partition coefficient (Wildman–Crippen LogP) is 4.31. The maximum absolute atomic E-state index is 12.7. The Hall–Kier alpha value is -1.65. The molecule has 0 saturated heterocycles. The second-order valence-electron chi connectivity index (χ2n) is 5.05. The second kappa shape index (κ2) is 4.68. The molecule has 2 aliphatic rings. The first kappa shape index (κ1) is 13.0. The first-order chi connectivity index (χ1) is 10.2. The van der Waals surface area contributed by atoms with Gasteiger partial charge in [-0.3, -0.25) is 4.79 Å². The van der Waals surface area contributed by atoms with E-state index in [9.17, 15) is 4.79 Å². The standard InChI is InChI=1S/C16H11ClO3S/c1-2-11-9-5-6-21-16(9)15-14(19-11)13(18)10-7-8(17)3-4-12(10)20-15/h2-7,9,11,16H,1H2. The number of ether oxygens (including phenoxy) is 1. The van der Waals surface area contributed by atoms with Gasteiger partial charge in [0, 0.05) is 10.9 Å².